The maximum absolute atomic E-state index is 12.3. The molecule has 0 bridgehead atoms. The summed E-state index contributed by atoms with van der Waals surface area (Å²) in [7, 11) is 0. The lowest BCUT2D eigenvalue weighted by atomic mass is 9.93. The van der Waals surface area contributed by atoms with Crippen LogP contribution in [-0.2, 0) is 16.0 Å². The van der Waals surface area contributed by atoms with Crippen LogP contribution in [0.5, 0.6) is 0 Å². The van der Waals surface area contributed by atoms with Crippen molar-refractivity contribution in [3.8, 4) is 0 Å². The van der Waals surface area contributed by atoms with E-state index < -0.39 is 5.97 Å². The van der Waals surface area contributed by atoms with Gasteiger partial charge in [0, 0.05) is 25.9 Å². The zero-order chi connectivity index (χ0) is 15.8. The molecule has 4 heteroatoms. The lowest BCUT2D eigenvalue weighted by Gasteiger charge is -2.32. The molecule has 0 aliphatic carbocycles. The van der Waals surface area contributed by atoms with Crippen molar-refractivity contribution in [1.82, 2.24) is 4.90 Å². The number of carbonyl (C=O) groups is 2. The number of aliphatic carboxylic acids is 1. The molecule has 1 amide bonds. The molecule has 0 unspecified atom stereocenters. The molecule has 0 spiro atoms. The summed E-state index contributed by atoms with van der Waals surface area (Å²) < 4.78 is 0. The smallest absolute Gasteiger partial charge is 0.303 e. The quantitative estimate of drug-likeness (QED) is 0.842. The molecule has 1 aliphatic heterocycles. The molecule has 1 aromatic rings. The number of piperidine rings is 1. The number of carboxylic acids is 1. The number of carboxylic acid groups (broad SMARTS) is 1. The van der Waals surface area contributed by atoms with E-state index in [1.165, 1.54) is 5.56 Å². The van der Waals surface area contributed by atoms with E-state index in [4.69, 9.17) is 5.11 Å². The van der Waals surface area contributed by atoms with Crippen LogP contribution in [0, 0.1) is 5.92 Å². The normalized spacial score (nSPS) is 18.2. The van der Waals surface area contributed by atoms with Gasteiger partial charge in [-0.25, -0.2) is 0 Å². The van der Waals surface area contributed by atoms with E-state index in [9.17, 15) is 9.59 Å². The summed E-state index contributed by atoms with van der Waals surface area (Å²) in [5, 5.41) is 8.76. The van der Waals surface area contributed by atoms with Gasteiger partial charge in [-0.15, -0.1) is 0 Å². The summed E-state index contributed by atoms with van der Waals surface area (Å²) in [5.74, 6) is -0.176. The third-order valence-corrected chi connectivity index (χ3v) is 4.34. The van der Waals surface area contributed by atoms with Gasteiger partial charge in [0.15, 0.2) is 0 Å². The van der Waals surface area contributed by atoms with Crippen molar-refractivity contribution in [3.63, 3.8) is 0 Å². The number of rotatable bonds is 7. The van der Waals surface area contributed by atoms with Crippen LogP contribution in [0.25, 0.3) is 0 Å². The van der Waals surface area contributed by atoms with Crippen LogP contribution in [0.2, 0.25) is 0 Å². The molecule has 120 valence electrons. The second-order valence-electron chi connectivity index (χ2n) is 6.12. The highest BCUT2D eigenvalue weighted by molar-refractivity contribution is 5.76. The number of amides is 1. The van der Waals surface area contributed by atoms with Gasteiger partial charge in [-0.3, -0.25) is 9.59 Å². The van der Waals surface area contributed by atoms with Crippen LogP contribution >= 0.6 is 0 Å². The molecule has 1 N–H and O–H groups in total. The first kappa shape index (κ1) is 16.5. The molecule has 0 saturated carbocycles. The van der Waals surface area contributed by atoms with Crippen molar-refractivity contribution >= 4 is 11.9 Å². The van der Waals surface area contributed by atoms with E-state index in [0.29, 0.717) is 18.8 Å². The fourth-order valence-corrected chi connectivity index (χ4v) is 3.10. The van der Waals surface area contributed by atoms with Gasteiger partial charge in [0.2, 0.25) is 5.91 Å². The van der Waals surface area contributed by atoms with Crippen molar-refractivity contribution in [2.75, 3.05) is 13.1 Å². The second kappa shape index (κ2) is 8.57. The van der Waals surface area contributed by atoms with E-state index in [-0.39, 0.29) is 12.3 Å². The molecule has 1 heterocycles. The molecule has 1 aromatic carbocycles. The number of benzene rings is 1. The molecule has 0 radical (unpaired) electrons. The summed E-state index contributed by atoms with van der Waals surface area (Å²) in [6.07, 6.45) is 5.32. The fourth-order valence-electron chi connectivity index (χ4n) is 3.10. The molecule has 22 heavy (non-hydrogen) atoms. The monoisotopic (exact) mass is 303 g/mol. The van der Waals surface area contributed by atoms with Crippen molar-refractivity contribution in [2.24, 2.45) is 5.92 Å². The summed E-state index contributed by atoms with van der Waals surface area (Å²) in [5.41, 5.74) is 1.27. The van der Waals surface area contributed by atoms with Crippen LogP contribution in [0.4, 0.5) is 0 Å². The molecule has 1 atom stereocenters. The highest BCUT2D eigenvalue weighted by atomic mass is 16.4. The van der Waals surface area contributed by atoms with Gasteiger partial charge in [0.1, 0.15) is 0 Å². The largest absolute Gasteiger partial charge is 0.481 e. The van der Waals surface area contributed by atoms with Gasteiger partial charge in [0.05, 0.1) is 0 Å². The Balaban J connectivity index is 1.71. The van der Waals surface area contributed by atoms with Crippen LogP contribution in [-0.4, -0.2) is 35.0 Å². The Labute approximate surface area is 132 Å². The van der Waals surface area contributed by atoms with E-state index in [2.05, 4.69) is 12.1 Å². The predicted molar refractivity (Wildman–Crippen MR) is 85.6 cm³/mol. The number of hydrogen-bond donors (Lipinski definition) is 1. The molecule has 1 saturated heterocycles. The van der Waals surface area contributed by atoms with E-state index in [1.807, 2.05) is 23.1 Å². The van der Waals surface area contributed by atoms with Gasteiger partial charge < -0.3 is 10.0 Å². The van der Waals surface area contributed by atoms with Gasteiger partial charge in [-0.2, -0.15) is 0 Å². The van der Waals surface area contributed by atoms with E-state index in [1.54, 1.807) is 0 Å². The first-order valence-electron chi connectivity index (χ1n) is 8.18. The standard InChI is InChI=1S/C18H25NO3/c20-17(10-4-8-15-6-2-1-3-7-15)19-13-5-9-16(14-19)11-12-18(21)22/h1-3,6-7,16H,4-5,8-14H2,(H,21,22)/t16-/m1/s1. The Bertz CT molecular complexity index is 486. The number of aryl methyl sites for hydroxylation is 1. The Morgan fingerprint density at radius 3 is 2.68 bits per heavy atom. The van der Waals surface area contributed by atoms with E-state index in [0.717, 1.165) is 38.8 Å². The minimum absolute atomic E-state index is 0.209. The Morgan fingerprint density at radius 2 is 1.95 bits per heavy atom. The van der Waals surface area contributed by atoms with Crippen LogP contribution in [0.3, 0.4) is 0 Å². The summed E-state index contributed by atoms with van der Waals surface area (Å²) >= 11 is 0. The Kier molecular flexibility index (Phi) is 6.44. The van der Waals surface area contributed by atoms with Gasteiger partial charge in [-0.05, 0) is 43.6 Å². The zero-order valence-corrected chi connectivity index (χ0v) is 13.0. The minimum atomic E-state index is -0.744. The molecule has 4 nitrogen and oxygen atoms in total. The lowest BCUT2D eigenvalue weighted by molar-refractivity contribution is -0.137. The van der Waals surface area contributed by atoms with E-state index >= 15 is 0 Å². The van der Waals surface area contributed by atoms with Crippen molar-refractivity contribution in [2.45, 2.75) is 44.9 Å². The average molecular weight is 303 g/mol. The molecule has 1 fully saturated rings. The Morgan fingerprint density at radius 1 is 1.18 bits per heavy atom. The first-order chi connectivity index (χ1) is 10.6. The number of likely N-dealkylation sites (tertiary alicyclic amines) is 1. The Hall–Kier alpha value is -1.84. The third kappa shape index (κ3) is 5.51. The average Bonchev–Trinajstić information content (AvgIpc) is 2.54. The van der Waals surface area contributed by atoms with Gasteiger partial charge in [0.25, 0.3) is 0 Å². The molecular formula is C18H25NO3. The number of carbonyl (C=O) groups excluding carboxylic acids is 1. The highest BCUT2D eigenvalue weighted by Crippen LogP contribution is 2.22. The van der Waals surface area contributed by atoms with Crippen LogP contribution in [0.1, 0.15) is 44.1 Å². The van der Waals surface area contributed by atoms with Gasteiger partial charge in [-0.1, -0.05) is 30.3 Å². The molecule has 1 aliphatic rings. The van der Waals surface area contributed by atoms with Crippen molar-refractivity contribution in [3.05, 3.63) is 35.9 Å². The summed E-state index contributed by atoms with van der Waals surface area (Å²) in [6.45, 7) is 1.56. The zero-order valence-electron chi connectivity index (χ0n) is 13.0. The molecule has 0 aromatic heterocycles. The van der Waals surface area contributed by atoms with Crippen LogP contribution < -0.4 is 0 Å². The summed E-state index contributed by atoms with van der Waals surface area (Å²) in [4.78, 5) is 24.9. The minimum Gasteiger partial charge on any atom is -0.481 e. The molecule has 2 rings (SSSR count). The predicted octanol–water partition coefficient (Wildman–Crippen LogP) is 3.11. The van der Waals surface area contributed by atoms with Crippen molar-refractivity contribution in [1.29, 1.82) is 0 Å². The summed E-state index contributed by atoms with van der Waals surface area (Å²) in [6, 6.07) is 10.2. The topological polar surface area (TPSA) is 57.6 Å². The molecular weight excluding hydrogens is 278 g/mol. The maximum atomic E-state index is 12.3. The number of hydrogen-bond acceptors (Lipinski definition) is 2. The van der Waals surface area contributed by atoms with Crippen LogP contribution in [0.15, 0.2) is 30.3 Å². The SMILES string of the molecule is O=C(O)CC[C@H]1CCCN(C(=O)CCCc2ccccc2)C1. The third-order valence-electron chi connectivity index (χ3n) is 4.34. The van der Waals surface area contributed by atoms with Crippen molar-refractivity contribution < 1.29 is 14.7 Å². The number of nitrogens with zero attached hydrogens (tertiary/aromatic N) is 1. The second-order valence-corrected chi connectivity index (χ2v) is 6.12. The van der Waals surface area contributed by atoms with Gasteiger partial charge >= 0.3 is 5.97 Å². The lowest BCUT2D eigenvalue weighted by Crippen LogP contribution is -2.40. The first-order valence-corrected chi connectivity index (χ1v) is 8.18. The maximum Gasteiger partial charge on any atom is 0.303 e. The fraction of sp³-hybridized carbons (Fsp3) is 0.556. The highest BCUT2D eigenvalue weighted by Gasteiger charge is 2.23.